The van der Waals surface area contributed by atoms with E-state index in [1.807, 2.05) is 24.1 Å². The lowest BCUT2D eigenvalue weighted by atomic mass is 10.3. The molecular formula is C16H18Cl2N2O2S. The second-order valence-electron chi connectivity index (χ2n) is 5.03. The molecule has 0 radical (unpaired) electrons. The highest BCUT2D eigenvalue weighted by atomic mass is 35.5. The summed E-state index contributed by atoms with van der Waals surface area (Å²) in [4.78, 5) is 14.9. The van der Waals surface area contributed by atoms with Gasteiger partial charge in [-0.3, -0.25) is 9.69 Å². The fourth-order valence-electron chi connectivity index (χ4n) is 1.95. The summed E-state index contributed by atoms with van der Waals surface area (Å²) < 4.78 is 6.28. The number of nitrogens with zero attached hydrogens (tertiary/aromatic N) is 1. The van der Waals surface area contributed by atoms with Gasteiger partial charge in [0, 0.05) is 16.4 Å². The second-order valence-corrected chi connectivity index (χ2v) is 7.27. The summed E-state index contributed by atoms with van der Waals surface area (Å²) in [6, 6.07) is 11.0. The zero-order valence-corrected chi connectivity index (χ0v) is 15.0. The zero-order valence-electron chi connectivity index (χ0n) is 12.7. The molecule has 1 aromatic heterocycles. The van der Waals surface area contributed by atoms with Crippen LogP contribution in [0.15, 0.2) is 36.4 Å². The zero-order chi connectivity index (χ0) is 16.7. The van der Waals surface area contributed by atoms with Gasteiger partial charge in [-0.05, 0) is 43.4 Å². The quantitative estimate of drug-likeness (QED) is 0.718. The predicted octanol–water partition coefficient (Wildman–Crippen LogP) is 3.68. The van der Waals surface area contributed by atoms with Gasteiger partial charge in [-0.15, -0.1) is 11.3 Å². The van der Waals surface area contributed by atoms with Crippen LogP contribution in [0.25, 0.3) is 0 Å². The molecule has 7 heteroatoms. The lowest BCUT2D eigenvalue weighted by Crippen LogP contribution is -2.36. The van der Waals surface area contributed by atoms with Crippen molar-refractivity contribution in [3.05, 3.63) is 50.6 Å². The Morgan fingerprint density at radius 1 is 1.22 bits per heavy atom. The SMILES string of the molecule is CN(CC(=O)NCCOc1ccc(Cl)cc1)Cc1ccc(Cl)s1. The first kappa shape index (κ1) is 18.1. The molecule has 0 bridgehead atoms. The lowest BCUT2D eigenvalue weighted by Gasteiger charge is -2.15. The fraction of sp³-hybridized carbons (Fsp3) is 0.312. The summed E-state index contributed by atoms with van der Waals surface area (Å²) in [5.74, 6) is 0.699. The molecule has 2 rings (SSSR count). The standard InChI is InChI=1S/C16H18Cl2N2O2S/c1-20(10-14-6-7-15(18)23-14)11-16(21)19-8-9-22-13-4-2-12(17)3-5-13/h2-7H,8-11H2,1H3,(H,19,21). The summed E-state index contributed by atoms with van der Waals surface area (Å²) in [6.07, 6.45) is 0. The van der Waals surface area contributed by atoms with Gasteiger partial charge in [-0.1, -0.05) is 23.2 Å². The minimum atomic E-state index is -0.0325. The monoisotopic (exact) mass is 372 g/mol. The summed E-state index contributed by atoms with van der Waals surface area (Å²) in [5.41, 5.74) is 0. The Morgan fingerprint density at radius 3 is 2.61 bits per heavy atom. The summed E-state index contributed by atoms with van der Waals surface area (Å²) in [7, 11) is 1.90. The number of hydrogen-bond acceptors (Lipinski definition) is 4. The van der Waals surface area contributed by atoms with Crippen LogP contribution < -0.4 is 10.1 Å². The topological polar surface area (TPSA) is 41.6 Å². The van der Waals surface area contributed by atoms with Crippen molar-refractivity contribution in [1.82, 2.24) is 10.2 Å². The van der Waals surface area contributed by atoms with Crippen LogP contribution in [0, 0.1) is 0 Å². The molecule has 1 aromatic carbocycles. The summed E-state index contributed by atoms with van der Waals surface area (Å²) in [5, 5.41) is 3.50. The van der Waals surface area contributed by atoms with Gasteiger partial charge in [0.1, 0.15) is 12.4 Å². The number of benzene rings is 1. The average Bonchev–Trinajstić information content (AvgIpc) is 2.90. The van der Waals surface area contributed by atoms with Gasteiger partial charge in [0.05, 0.1) is 17.4 Å². The van der Waals surface area contributed by atoms with Crippen LogP contribution in [-0.2, 0) is 11.3 Å². The number of likely N-dealkylation sites (N-methyl/N-ethyl adjacent to an activating group) is 1. The first-order chi connectivity index (χ1) is 11.0. The van der Waals surface area contributed by atoms with E-state index < -0.39 is 0 Å². The maximum Gasteiger partial charge on any atom is 0.234 e. The molecule has 1 heterocycles. The Hall–Kier alpha value is -1.27. The van der Waals surface area contributed by atoms with E-state index in [9.17, 15) is 4.79 Å². The van der Waals surface area contributed by atoms with Crippen molar-refractivity contribution in [1.29, 1.82) is 0 Å². The predicted molar refractivity (Wildman–Crippen MR) is 95.6 cm³/mol. The average molecular weight is 373 g/mol. The molecule has 0 spiro atoms. The van der Waals surface area contributed by atoms with E-state index in [0.717, 1.165) is 15.0 Å². The smallest absolute Gasteiger partial charge is 0.234 e. The Labute approximate surface area is 150 Å². The molecule has 0 aliphatic rings. The minimum Gasteiger partial charge on any atom is -0.492 e. The molecule has 0 saturated carbocycles. The Bertz CT molecular complexity index is 631. The highest BCUT2D eigenvalue weighted by Gasteiger charge is 2.08. The Balaban J connectivity index is 1.61. The number of carbonyl (C=O) groups excluding carboxylic acids is 1. The second kappa shape index (κ2) is 9.13. The van der Waals surface area contributed by atoms with Crippen molar-refractivity contribution >= 4 is 40.4 Å². The molecule has 0 fully saturated rings. The van der Waals surface area contributed by atoms with Crippen LogP contribution in [0.5, 0.6) is 5.75 Å². The molecule has 0 saturated heterocycles. The molecule has 124 valence electrons. The van der Waals surface area contributed by atoms with Crippen molar-refractivity contribution in [3.8, 4) is 5.75 Å². The number of carbonyl (C=O) groups is 1. The third-order valence-electron chi connectivity index (χ3n) is 2.97. The van der Waals surface area contributed by atoms with Crippen LogP contribution in [0.2, 0.25) is 9.36 Å². The van der Waals surface area contributed by atoms with Crippen LogP contribution in [0.4, 0.5) is 0 Å². The number of thiophene rings is 1. The summed E-state index contributed by atoms with van der Waals surface area (Å²) in [6.45, 7) is 1.90. The number of nitrogens with one attached hydrogen (secondary N) is 1. The van der Waals surface area contributed by atoms with Gasteiger partial charge in [-0.25, -0.2) is 0 Å². The van der Waals surface area contributed by atoms with Crippen LogP contribution in [0.3, 0.4) is 0 Å². The van der Waals surface area contributed by atoms with Gasteiger partial charge in [0.25, 0.3) is 0 Å². The number of amides is 1. The molecular weight excluding hydrogens is 355 g/mol. The highest BCUT2D eigenvalue weighted by molar-refractivity contribution is 7.16. The third kappa shape index (κ3) is 6.79. The maximum atomic E-state index is 11.9. The van der Waals surface area contributed by atoms with Gasteiger partial charge in [-0.2, -0.15) is 0 Å². The normalized spacial score (nSPS) is 10.8. The van der Waals surface area contributed by atoms with E-state index in [2.05, 4.69) is 5.32 Å². The van der Waals surface area contributed by atoms with Gasteiger partial charge in [0.15, 0.2) is 0 Å². The van der Waals surface area contributed by atoms with E-state index in [0.29, 0.717) is 31.3 Å². The van der Waals surface area contributed by atoms with Crippen molar-refractivity contribution in [2.45, 2.75) is 6.54 Å². The molecule has 1 N–H and O–H groups in total. The van der Waals surface area contributed by atoms with Crippen molar-refractivity contribution in [2.75, 3.05) is 26.7 Å². The van der Waals surface area contributed by atoms with E-state index in [4.69, 9.17) is 27.9 Å². The van der Waals surface area contributed by atoms with Gasteiger partial charge in [0.2, 0.25) is 5.91 Å². The largest absolute Gasteiger partial charge is 0.492 e. The first-order valence-corrected chi connectivity index (χ1v) is 8.68. The van der Waals surface area contributed by atoms with Crippen molar-refractivity contribution in [2.24, 2.45) is 0 Å². The Morgan fingerprint density at radius 2 is 1.96 bits per heavy atom. The number of rotatable bonds is 8. The van der Waals surface area contributed by atoms with Crippen LogP contribution in [-0.4, -0.2) is 37.6 Å². The van der Waals surface area contributed by atoms with E-state index in [1.165, 1.54) is 11.3 Å². The minimum absolute atomic E-state index is 0.0325. The van der Waals surface area contributed by atoms with Crippen molar-refractivity contribution in [3.63, 3.8) is 0 Å². The first-order valence-electron chi connectivity index (χ1n) is 7.11. The molecule has 23 heavy (non-hydrogen) atoms. The van der Waals surface area contributed by atoms with E-state index >= 15 is 0 Å². The molecule has 0 atom stereocenters. The third-order valence-corrected chi connectivity index (χ3v) is 4.44. The number of halogens is 2. The van der Waals surface area contributed by atoms with Crippen molar-refractivity contribution < 1.29 is 9.53 Å². The maximum absolute atomic E-state index is 11.9. The molecule has 2 aromatic rings. The molecule has 0 aliphatic carbocycles. The molecule has 0 aliphatic heterocycles. The Kier molecular flexibility index (Phi) is 7.17. The van der Waals surface area contributed by atoms with Gasteiger partial charge >= 0.3 is 0 Å². The van der Waals surface area contributed by atoms with Crippen LogP contribution >= 0.6 is 34.5 Å². The molecule has 0 unspecified atom stereocenters. The molecule has 4 nitrogen and oxygen atoms in total. The number of hydrogen-bond donors (Lipinski definition) is 1. The number of ether oxygens (including phenoxy) is 1. The highest BCUT2D eigenvalue weighted by Crippen LogP contribution is 2.22. The lowest BCUT2D eigenvalue weighted by molar-refractivity contribution is -0.122. The van der Waals surface area contributed by atoms with E-state index in [-0.39, 0.29) is 5.91 Å². The van der Waals surface area contributed by atoms with E-state index in [1.54, 1.807) is 24.3 Å². The van der Waals surface area contributed by atoms with Crippen LogP contribution in [0.1, 0.15) is 4.88 Å². The molecule has 1 amide bonds. The fourth-order valence-corrected chi connectivity index (χ4v) is 3.24. The van der Waals surface area contributed by atoms with Gasteiger partial charge < -0.3 is 10.1 Å². The summed E-state index contributed by atoms with van der Waals surface area (Å²) >= 11 is 13.2.